The number of aryl methyl sites for hydroxylation is 1. The zero-order chi connectivity index (χ0) is 18.9. The van der Waals surface area contributed by atoms with Crippen LogP contribution in [0.1, 0.15) is 35.9 Å². The maximum absolute atomic E-state index is 12.8. The number of nitrogens with zero attached hydrogens (tertiary/aromatic N) is 1. The van der Waals surface area contributed by atoms with Gasteiger partial charge in [-0.25, -0.2) is 13.6 Å². The van der Waals surface area contributed by atoms with E-state index in [0.29, 0.717) is 12.2 Å². The van der Waals surface area contributed by atoms with Crippen LogP contribution in [-0.2, 0) is 16.6 Å². The Hall–Kier alpha value is -2.64. The monoisotopic (exact) mass is 371 g/mol. The number of hydrogen-bond acceptors (Lipinski definition) is 3. The highest BCUT2D eigenvalue weighted by Crippen LogP contribution is 2.21. The Bertz CT molecular complexity index is 1050. The largest absolute Gasteiger partial charge is 0.344 e. The van der Waals surface area contributed by atoms with Gasteiger partial charge in [0.2, 0.25) is 10.0 Å². The Morgan fingerprint density at radius 1 is 1.15 bits per heavy atom. The molecule has 1 heterocycles. The molecule has 0 saturated heterocycles. The molecular formula is C19H21N3O3S. The fourth-order valence-corrected chi connectivity index (χ4v) is 3.55. The molecule has 3 aromatic rings. The van der Waals surface area contributed by atoms with Crippen molar-refractivity contribution in [2.75, 3.05) is 0 Å². The van der Waals surface area contributed by atoms with Crippen molar-refractivity contribution in [2.45, 2.75) is 31.3 Å². The van der Waals surface area contributed by atoms with E-state index in [1.807, 2.05) is 48.7 Å². The number of nitrogens with one attached hydrogen (secondary N) is 1. The summed E-state index contributed by atoms with van der Waals surface area (Å²) in [6.07, 6.45) is 0. The molecule has 2 aromatic carbocycles. The van der Waals surface area contributed by atoms with Crippen molar-refractivity contribution < 1.29 is 13.2 Å². The molecular weight excluding hydrogens is 350 g/mol. The third kappa shape index (κ3) is 3.49. The summed E-state index contributed by atoms with van der Waals surface area (Å²) < 4.78 is 24.6. The molecule has 0 radical (unpaired) electrons. The predicted octanol–water partition coefficient (Wildman–Crippen LogP) is 2.80. The lowest BCUT2D eigenvalue weighted by Gasteiger charge is -2.16. The van der Waals surface area contributed by atoms with Gasteiger partial charge in [-0.3, -0.25) is 4.79 Å². The molecule has 1 atom stereocenters. The number of nitrogens with two attached hydrogens (primary N) is 1. The minimum absolute atomic E-state index is 0.0471. The summed E-state index contributed by atoms with van der Waals surface area (Å²) in [5.74, 6) is -0.175. The summed E-state index contributed by atoms with van der Waals surface area (Å²) in [7, 11) is -3.73. The molecule has 0 spiro atoms. The zero-order valence-electron chi connectivity index (χ0n) is 14.6. The predicted molar refractivity (Wildman–Crippen MR) is 101 cm³/mol. The number of carbonyl (C=O) groups excluding carboxylic acids is 1. The maximum Gasteiger partial charge on any atom is 0.268 e. The molecule has 0 aliphatic heterocycles. The summed E-state index contributed by atoms with van der Waals surface area (Å²) in [5.41, 5.74) is 2.41. The molecule has 1 unspecified atom stereocenters. The van der Waals surface area contributed by atoms with E-state index in [4.69, 9.17) is 5.14 Å². The van der Waals surface area contributed by atoms with Crippen LogP contribution < -0.4 is 10.5 Å². The van der Waals surface area contributed by atoms with Gasteiger partial charge in [0, 0.05) is 17.4 Å². The molecule has 1 aromatic heterocycles. The number of hydrogen-bond donors (Lipinski definition) is 2. The van der Waals surface area contributed by atoms with Gasteiger partial charge < -0.3 is 9.88 Å². The Morgan fingerprint density at radius 2 is 1.81 bits per heavy atom. The first kappa shape index (κ1) is 18.2. The first-order valence-electron chi connectivity index (χ1n) is 8.33. The molecule has 3 rings (SSSR count). The number of carbonyl (C=O) groups is 1. The molecule has 7 heteroatoms. The molecule has 0 saturated carbocycles. The lowest BCUT2D eigenvalue weighted by atomic mass is 10.1. The average Bonchev–Trinajstić information content (AvgIpc) is 2.99. The summed E-state index contributed by atoms with van der Waals surface area (Å²) in [6, 6.07) is 15.7. The maximum atomic E-state index is 12.8. The Morgan fingerprint density at radius 3 is 2.42 bits per heavy atom. The van der Waals surface area contributed by atoms with Crippen LogP contribution in [0.25, 0.3) is 10.9 Å². The van der Waals surface area contributed by atoms with Gasteiger partial charge in [0.15, 0.2) is 0 Å². The Balaban J connectivity index is 1.84. The summed E-state index contributed by atoms with van der Waals surface area (Å²) in [6.45, 7) is 4.54. The van der Waals surface area contributed by atoms with Gasteiger partial charge in [0.05, 0.1) is 10.9 Å². The van der Waals surface area contributed by atoms with Gasteiger partial charge in [-0.05, 0) is 43.7 Å². The second kappa shape index (κ2) is 6.93. The van der Waals surface area contributed by atoms with E-state index < -0.39 is 10.0 Å². The second-order valence-corrected chi connectivity index (χ2v) is 7.70. The van der Waals surface area contributed by atoms with E-state index in [1.54, 1.807) is 12.1 Å². The van der Waals surface area contributed by atoms with Crippen molar-refractivity contribution in [2.24, 2.45) is 5.14 Å². The van der Waals surface area contributed by atoms with Gasteiger partial charge in [-0.1, -0.05) is 30.3 Å². The third-order valence-corrected chi connectivity index (χ3v) is 5.34. The van der Waals surface area contributed by atoms with Crippen LogP contribution in [0.3, 0.4) is 0 Å². The van der Waals surface area contributed by atoms with Crippen molar-refractivity contribution in [3.05, 3.63) is 65.9 Å². The highest BCUT2D eigenvalue weighted by Gasteiger charge is 2.17. The lowest BCUT2D eigenvalue weighted by molar-refractivity contribution is 0.0931. The fraction of sp³-hybridized carbons (Fsp3) is 0.211. The Labute approximate surface area is 152 Å². The highest BCUT2D eigenvalue weighted by molar-refractivity contribution is 7.89. The van der Waals surface area contributed by atoms with Gasteiger partial charge >= 0.3 is 0 Å². The SMILES string of the molecule is CCn1c(C(=O)NC(C)c2ccc(S(N)(=O)=O)cc2)cc2ccccc21. The van der Waals surface area contributed by atoms with Crippen molar-refractivity contribution in [3.63, 3.8) is 0 Å². The van der Waals surface area contributed by atoms with Gasteiger partial charge in [-0.15, -0.1) is 0 Å². The summed E-state index contributed by atoms with van der Waals surface area (Å²) in [5, 5.41) is 9.09. The Kier molecular flexibility index (Phi) is 4.84. The lowest BCUT2D eigenvalue weighted by Crippen LogP contribution is -2.28. The first-order chi connectivity index (χ1) is 12.3. The number of fused-ring (bicyclic) bond motifs is 1. The van der Waals surface area contributed by atoms with Crippen molar-refractivity contribution in [1.82, 2.24) is 9.88 Å². The van der Waals surface area contributed by atoms with E-state index in [9.17, 15) is 13.2 Å². The highest BCUT2D eigenvalue weighted by atomic mass is 32.2. The minimum atomic E-state index is -3.73. The standard InChI is InChI=1S/C19H21N3O3S/c1-3-22-17-7-5-4-6-15(17)12-18(22)19(23)21-13(2)14-8-10-16(11-9-14)26(20,24)25/h4-13H,3H2,1-2H3,(H,21,23)(H2,20,24,25). The minimum Gasteiger partial charge on any atom is -0.344 e. The van der Waals surface area contributed by atoms with Crippen molar-refractivity contribution in [3.8, 4) is 0 Å². The number of para-hydroxylation sites is 1. The van der Waals surface area contributed by atoms with Gasteiger partial charge in [-0.2, -0.15) is 0 Å². The summed E-state index contributed by atoms with van der Waals surface area (Å²) in [4.78, 5) is 12.8. The van der Waals surface area contributed by atoms with E-state index in [-0.39, 0.29) is 16.8 Å². The zero-order valence-corrected chi connectivity index (χ0v) is 15.5. The quantitative estimate of drug-likeness (QED) is 0.722. The molecule has 0 bridgehead atoms. The first-order valence-corrected chi connectivity index (χ1v) is 9.87. The molecule has 136 valence electrons. The molecule has 1 amide bonds. The van der Waals surface area contributed by atoms with Crippen LogP contribution in [0, 0.1) is 0 Å². The van der Waals surface area contributed by atoms with E-state index in [1.165, 1.54) is 12.1 Å². The smallest absolute Gasteiger partial charge is 0.268 e. The van der Waals surface area contributed by atoms with E-state index in [0.717, 1.165) is 16.5 Å². The third-order valence-electron chi connectivity index (χ3n) is 4.42. The van der Waals surface area contributed by atoms with E-state index >= 15 is 0 Å². The molecule has 0 aliphatic rings. The van der Waals surface area contributed by atoms with Gasteiger partial charge in [0.25, 0.3) is 5.91 Å². The van der Waals surface area contributed by atoms with Crippen molar-refractivity contribution in [1.29, 1.82) is 0 Å². The topological polar surface area (TPSA) is 94.2 Å². The van der Waals surface area contributed by atoms with Crippen LogP contribution in [0.4, 0.5) is 0 Å². The molecule has 6 nitrogen and oxygen atoms in total. The van der Waals surface area contributed by atoms with Crippen LogP contribution in [0.15, 0.2) is 59.5 Å². The second-order valence-electron chi connectivity index (χ2n) is 6.14. The number of amides is 1. The average molecular weight is 371 g/mol. The molecule has 3 N–H and O–H groups in total. The number of primary sulfonamides is 1. The number of sulfonamides is 1. The molecule has 0 aliphatic carbocycles. The summed E-state index contributed by atoms with van der Waals surface area (Å²) >= 11 is 0. The van der Waals surface area contributed by atoms with Crippen LogP contribution in [-0.4, -0.2) is 18.9 Å². The van der Waals surface area contributed by atoms with Crippen LogP contribution >= 0.6 is 0 Å². The number of benzene rings is 2. The van der Waals surface area contributed by atoms with Crippen LogP contribution in [0.5, 0.6) is 0 Å². The van der Waals surface area contributed by atoms with Gasteiger partial charge in [0.1, 0.15) is 5.69 Å². The molecule has 0 fully saturated rings. The number of rotatable bonds is 5. The van der Waals surface area contributed by atoms with Crippen molar-refractivity contribution >= 4 is 26.8 Å². The molecule has 26 heavy (non-hydrogen) atoms. The van der Waals surface area contributed by atoms with E-state index in [2.05, 4.69) is 5.32 Å². The number of aromatic nitrogens is 1. The normalized spacial score (nSPS) is 12.9. The van der Waals surface area contributed by atoms with Crippen LogP contribution in [0.2, 0.25) is 0 Å². The fourth-order valence-electron chi connectivity index (χ4n) is 3.04.